The number of ether oxygens (including phenoxy) is 2. The summed E-state index contributed by atoms with van der Waals surface area (Å²) >= 11 is 15.3. The number of halogens is 3. The molecule has 1 unspecified atom stereocenters. The Morgan fingerprint density at radius 3 is 2.78 bits per heavy atom. The smallest absolute Gasteiger partial charge is 0.308 e. The number of benzene rings is 1. The van der Waals surface area contributed by atoms with E-state index in [1.165, 1.54) is 11.0 Å². The average molecular weight is 482 g/mol. The lowest BCUT2D eigenvalue weighted by Gasteiger charge is -2.34. The maximum absolute atomic E-state index is 12.6. The van der Waals surface area contributed by atoms with E-state index in [0.29, 0.717) is 22.5 Å². The zero-order valence-corrected chi connectivity index (χ0v) is 17.7. The predicted octanol–water partition coefficient (Wildman–Crippen LogP) is 2.81. The largest absolute Gasteiger partial charge is 0.481 e. The summed E-state index contributed by atoms with van der Waals surface area (Å²) in [5.41, 5.74) is 0. The van der Waals surface area contributed by atoms with E-state index < -0.39 is 23.8 Å². The van der Waals surface area contributed by atoms with Crippen LogP contribution in [-0.2, 0) is 19.1 Å². The fourth-order valence-electron chi connectivity index (χ4n) is 2.53. The van der Waals surface area contributed by atoms with E-state index in [1.807, 2.05) is 6.92 Å². The number of carbonyl (C=O) groups is 3. The lowest BCUT2D eigenvalue weighted by atomic mass is 10.1. The van der Waals surface area contributed by atoms with E-state index in [4.69, 9.17) is 32.7 Å². The van der Waals surface area contributed by atoms with E-state index in [-0.39, 0.29) is 37.0 Å². The maximum Gasteiger partial charge on any atom is 0.308 e. The van der Waals surface area contributed by atoms with E-state index >= 15 is 0 Å². The van der Waals surface area contributed by atoms with Crippen molar-refractivity contribution in [3.8, 4) is 5.75 Å². The van der Waals surface area contributed by atoms with Crippen LogP contribution in [0.15, 0.2) is 16.6 Å². The topological polar surface area (TPSA) is 84.9 Å². The van der Waals surface area contributed by atoms with E-state index in [1.54, 1.807) is 6.07 Å². The first kappa shape index (κ1) is 21.8. The molecule has 1 aromatic carbocycles. The van der Waals surface area contributed by atoms with Gasteiger partial charge in [0.15, 0.2) is 12.4 Å². The monoisotopic (exact) mass is 480 g/mol. The van der Waals surface area contributed by atoms with Crippen LogP contribution < -0.4 is 10.1 Å². The number of nitrogens with zero attached hydrogens (tertiary/aromatic N) is 1. The molecule has 0 radical (unpaired) electrons. The van der Waals surface area contributed by atoms with Crippen LogP contribution in [0.4, 0.5) is 0 Å². The zero-order valence-electron chi connectivity index (χ0n) is 14.6. The molecule has 0 aliphatic carbocycles. The second-order valence-electron chi connectivity index (χ2n) is 5.81. The van der Waals surface area contributed by atoms with Gasteiger partial charge in [0.2, 0.25) is 5.91 Å². The lowest BCUT2D eigenvalue weighted by Crippen LogP contribution is -2.58. The molecule has 2 amide bonds. The third-order valence-corrected chi connectivity index (χ3v) is 4.87. The van der Waals surface area contributed by atoms with Crippen molar-refractivity contribution in [1.82, 2.24) is 10.2 Å². The molecule has 7 nitrogen and oxygen atoms in total. The molecule has 10 heteroatoms. The number of carbonyl (C=O) groups excluding carboxylic acids is 3. The molecule has 0 saturated carbocycles. The van der Waals surface area contributed by atoms with Crippen molar-refractivity contribution in [2.45, 2.75) is 25.8 Å². The summed E-state index contributed by atoms with van der Waals surface area (Å²) in [7, 11) is 0. The Bertz CT molecular complexity index is 708. The molecule has 148 valence electrons. The summed E-state index contributed by atoms with van der Waals surface area (Å²) < 4.78 is 11.0. The van der Waals surface area contributed by atoms with Crippen LogP contribution in [0.5, 0.6) is 5.75 Å². The quantitative estimate of drug-likeness (QED) is 0.605. The first-order valence-electron chi connectivity index (χ1n) is 8.33. The molecule has 1 aliphatic heterocycles. The highest BCUT2D eigenvalue weighted by atomic mass is 79.9. The molecule has 2 rings (SSSR count). The predicted molar refractivity (Wildman–Crippen MR) is 104 cm³/mol. The fourth-order valence-corrected chi connectivity index (χ4v) is 3.90. The Morgan fingerprint density at radius 1 is 1.37 bits per heavy atom. The first-order chi connectivity index (χ1) is 12.8. The van der Waals surface area contributed by atoms with E-state index in [0.717, 1.165) is 0 Å². The maximum atomic E-state index is 12.6. The molecule has 1 heterocycles. The van der Waals surface area contributed by atoms with Gasteiger partial charge in [-0.05, 0) is 34.5 Å². The molecule has 27 heavy (non-hydrogen) atoms. The standard InChI is InChI=1S/C17H19BrCl2N2O5/c1-2-5-26-15(24)8-13-17(25)21-3-4-22(13)14(23)9-27-16-11(18)6-10(19)7-12(16)20/h6-7,13H,2-5,8-9H2,1H3,(H,21,25). The highest BCUT2D eigenvalue weighted by Gasteiger charge is 2.35. The zero-order chi connectivity index (χ0) is 20.0. The third-order valence-electron chi connectivity index (χ3n) is 3.78. The summed E-state index contributed by atoms with van der Waals surface area (Å²) in [6.07, 6.45) is 0.471. The Balaban J connectivity index is 2.04. The minimum Gasteiger partial charge on any atom is -0.481 e. The molecule has 1 atom stereocenters. The van der Waals surface area contributed by atoms with Crippen molar-refractivity contribution in [2.75, 3.05) is 26.3 Å². The Morgan fingerprint density at radius 2 is 2.11 bits per heavy atom. The van der Waals surface area contributed by atoms with Gasteiger partial charge < -0.3 is 19.7 Å². The van der Waals surface area contributed by atoms with Gasteiger partial charge in [0.05, 0.1) is 22.5 Å². The highest BCUT2D eigenvalue weighted by molar-refractivity contribution is 9.10. The van der Waals surface area contributed by atoms with E-state index in [9.17, 15) is 14.4 Å². The van der Waals surface area contributed by atoms with Gasteiger partial charge >= 0.3 is 5.97 Å². The van der Waals surface area contributed by atoms with Crippen LogP contribution in [0, 0.1) is 0 Å². The molecule has 0 bridgehead atoms. The second-order valence-corrected chi connectivity index (χ2v) is 7.50. The van der Waals surface area contributed by atoms with Crippen molar-refractivity contribution in [1.29, 1.82) is 0 Å². The molecule has 0 spiro atoms. The minimum atomic E-state index is -0.927. The number of hydrogen-bond acceptors (Lipinski definition) is 5. The molecular formula is C17H19BrCl2N2O5. The van der Waals surface area contributed by atoms with Gasteiger partial charge in [-0.3, -0.25) is 14.4 Å². The molecule has 1 N–H and O–H groups in total. The molecule has 1 saturated heterocycles. The van der Waals surface area contributed by atoms with Crippen molar-refractivity contribution < 1.29 is 23.9 Å². The van der Waals surface area contributed by atoms with Crippen molar-refractivity contribution in [2.24, 2.45) is 0 Å². The number of hydrogen-bond donors (Lipinski definition) is 1. The molecule has 1 fully saturated rings. The van der Waals surface area contributed by atoms with Crippen molar-refractivity contribution in [3.63, 3.8) is 0 Å². The van der Waals surface area contributed by atoms with Crippen LogP contribution >= 0.6 is 39.1 Å². The van der Waals surface area contributed by atoms with Gasteiger partial charge in [0, 0.05) is 18.1 Å². The van der Waals surface area contributed by atoms with Gasteiger partial charge in [0.1, 0.15) is 6.04 Å². The number of rotatable bonds is 7. The summed E-state index contributed by atoms with van der Waals surface area (Å²) in [4.78, 5) is 37.9. The van der Waals surface area contributed by atoms with Gasteiger partial charge in [-0.15, -0.1) is 0 Å². The first-order valence-corrected chi connectivity index (χ1v) is 9.88. The molecule has 0 aromatic heterocycles. The fraction of sp³-hybridized carbons (Fsp3) is 0.471. The molecular weight excluding hydrogens is 463 g/mol. The second kappa shape index (κ2) is 10.1. The Hall–Kier alpha value is -1.51. The number of nitrogens with one attached hydrogen (secondary N) is 1. The van der Waals surface area contributed by atoms with Crippen molar-refractivity contribution >= 4 is 56.9 Å². The average Bonchev–Trinajstić information content (AvgIpc) is 2.60. The van der Waals surface area contributed by atoms with Crippen LogP contribution in [0.3, 0.4) is 0 Å². The highest BCUT2D eigenvalue weighted by Crippen LogP contribution is 2.36. The van der Waals surface area contributed by atoms with Crippen molar-refractivity contribution in [3.05, 3.63) is 26.7 Å². The SMILES string of the molecule is CCCOC(=O)CC1C(=O)NCCN1C(=O)COc1c(Cl)cc(Cl)cc1Br. The summed E-state index contributed by atoms with van der Waals surface area (Å²) in [5, 5.41) is 3.32. The molecule has 1 aliphatic rings. The minimum absolute atomic E-state index is 0.205. The Kier molecular flexibility index (Phi) is 8.19. The summed E-state index contributed by atoms with van der Waals surface area (Å²) in [5.74, 6) is -1.08. The number of amides is 2. The van der Waals surface area contributed by atoms with Crippen LogP contribution in [-0.4, -0.2) is 55.0 Å². The van der Waals surface area contributed by atoms with Gasteiger partial charge in [-0.1, -0.05) is 30.1 Å². The number of esters is 1. The summed E-state index contributed by atoms with van der Waals surface area (Å²) in [6, 6.07) is 2.16. The normalized spacial score (nSPS) is 16.7. The van der Waals surface area contributed by atoms with Crippen LogP contribution in [0.1, 0.15) is 19.8 Å². The Labute approximate surface area is 175 Å². The molecule has 1 aromatic rings. The van der Waals surface area contributed by atoms with Gasteiger partial charge in [-0.2, -0.15) is 0 Å². The van der Waals surface area contributed by atoms with Gasteiger partial charge in [0.25, 0.3) is 5.91 Å². The lowest BCUT2D eigenvalue weighted by molar-refractivity contribution is -0.152. The third kappa shape index (κ3) is 5.99. The van der Waals surface area contributed by atoms with Gasteiger partial charge in [-0.25, -0.2) is 0 Å². The number of piperazine rings is 1. The van der Waals surface area contributed by atoms with Crippen LogP contribution in [0.2, 0.25) is 10.0 Å². The summed E-state index contributed by atoms with van der Waals surface area (Å²) in [6.45, 7) is 2.38. The van der Waals surface area contributed by atoms with E-state index in [2.05, 4.69) is 21.2 Å². The van der Waals surface area contributed by atoms with Crippen LogP contribution in [0.25, 0.3) is 0 Å².